The van der Waals surface area contributed by atoms with Crippen LogP contribution in [0.2, 0.25) is 0 Å². The maximum atomic E-state index is 11.4. The quantitative estimate of drug-likeness (QED) is 0.565. The molecule has 0 bridgehead atoms. The lowest BCUT2D eigenvalue weighted by Crippen LogP contribution is -2.45. The van der Waals surface area contributed by atoms with Crippen molar-refractivity contribution in [2.24, 2.45) is 5.73 Å². The Morgan fingerprint density at radius 2 is 2.13 bits per heavy atom. The van der Waals surface area contributed by atoms with E-state index < -0.39 is 18.0 Å². The Bertz CT molecular complexity index is 228. The van der Waals surface area contributed by atoms with E-state index in [1.165, 1.54) is 0 Å². The van der Waals surface area contributed by atoms with Crippen LogP contribution in [0.15, 0.2) is 0 Å². The van der Waals surface area contributed by atoms with Gasteiger partial charge in [0.15, 0.2) is 0 Å². The lowest BCUT2D eigenvalue weighted by molar-refractivity contribution is -0.122. The molecule has 0 saturated heterocycles. The fraction of sp³-hybridized carbons (Fsp3) is 0.714. The number of halogens is 2. The van der Waals surface area contributed by atoms with Gasteiger partial charge in [-0.05, 0) is 41.5 Å². The molecule has 0 fully saturated rings. The first-order chi connectivity index (χ1) is 6.99. The highest BCUT2D eigenvalue weighted by Crippen LogP contribution is 2.14. The third-order valence-corrected chi connectivity index (χ3v) is 2.93. The number of primary amides is 1. The van der Waals surface area contributed by atoms with Crippen molar-refractivity contribution in [3.05, 3.63) is 0 Å². The number of thioether (sulfide) groups is 1. The summed E-state index contributed by atoms with van der Waals surface area (Å²) >= 11 is 12.6. The molecule has 1 atom stereocenters. The van der Waals surface area contributed by atoms with Gasteiger partial charge in [0.2, 0.25) is 5.91 Å². The number of nitrogens with two attached hydrogens (primary N) is 1. The number of hydrogen-bond donors (Lipinski definition) is 2. The average molecular weight is 274 g/mol. The maximum absolute atomic E-state index is 11.4. The van der Waals surface area contributed by atoms with Crippen molar-refractivity contribution in [1.82, 2.24) is 9.25 Å². The van der Waals surface area contributed by atoms with Gasteiger partial charge in [-0.1, -0.05) is 6.92 Å². The molecule has 0 unspecified atom stereocenters. The molecule has 0 rings (SSSR count). The van der Waals surface area contributed by atoms with Crippen LogP contribution < -0.4 is 11.1 Å². The van der Waals surface area contributed by atoms with Gasteiger partial charge in [0, 0.05) is 0 Å². The van der Waals surface area contributed by atoms with E-state index >= 15 is 0 Å². The van der Waals surface area contributed by atoms with Gasteiger partial charge in [-0.3, -0.25) is 10.1 Å². The smallest absolute Gasteiger partial charge is 0.318 e. The number of carbonyl (C=O) groups excluding carboxylic acids is 2. The minimum absolute atomic E-state index is 0.449. The summed E-state index contributed by atoms with van der Waals surface area (Å²) in [5.41, 5.74) is 4.81. The lowest BCUT2D eigenvalue weighted by Gasteiger charge is -2.17. The third kappa shape index (κ3) is 6.83. The summed E-state index contributed by atoms with van der Waals surface area (Å²) in [5.74, 6) is 1.07. The van der Waals surface area contributed by atoms with Crippen molar-refractivity contribution in [3.63, 3.8) is 0 Å². The Morgan fingerprint density at radius 1 is 1.53 bits per heavy atom. The second kappa shape index (κ2) is 8.04. The normalized spacial score (nSPS) is 12.5. The van der Waals surface area contributed by atoms with Crippen molar-refractivity contribution in [2.75, 3.05) is 11.5 Å². The number of carbonyl (C=O) groups is 2. The van der Waals surface area contributed by atoms with Crippen molar-refractivity contribution >= 4 is 47.3 Å². The molecular formula is C7H13Cl2N3O2S. The standard InChI is InChI=1S/C7H13Cl2N3O2S/c1-2-15-4-3-5(12(8)9)6(13)11-7(10)14/h5H,2-4H2,1H3,(H3,10,11,13,14)/t5-/m0/s1. The monoisotopic (exact) mass is 273 g/mol. The summed E-state index contributed by atoms with van der Waals surface area (Å²) in [6.45, 7) is 2.00. The molecule has 0 aromatic heterocycles. The van der Waals surface area contributed by atoms with Crippen LogP contribution in [0.1, 0.15) is 13.3 Å². The largest absolute Gasteiger partial charge is 0.351 e. The molecule has 0 heterocycles. The van der Waals surface area contributed by atoms with Crippen LogP contribution in [0, 0.1) is 0 Å². The molecule has 5 nitrogen and oxygen atoms in total. The number of amides is 3. The molecule has 8 heteroatoms. The van der Waals surface area contributed by atoms with Crippen LogP contribution in [0.25, 0.3) is 0 Å². The Labute approximate surface area is 103 Å². The lowest BCUT2D eigenvalue weighted by atomic mass is 10.2. The van der Waals surface area contributed by atoms with Gasteiger partial charge in [0.1, 0.15) is 6.04 Å². The molecular weight excluding hydrogens is 261 g/mol. The van der Waals surface area contributed by atoms with Crippen LogP contribution >= 0.6 is 35.3 Å². The maximum Gasteiger partial charge on any atom is 0.318 e. The van der Waals surface area contributed by atoms with Crippen LogP contribution in [0.4, 0.5) is 4.79 Å². The molecule has 3 N–H and O–H groups in total. The van der Waals surface area contributed by atoms with Crippen molar-refractivity contribution in [1.29, 1.82) is 0 Å². The summed E-state index contributed by atoms with van der Waals surface area (Å²) in [7, 11) is 0. The highest BCUT2D eigenvalue weighted by molar-refractivity contribution is 7.99. The van der Waals surface area contributed by atoms with Crippen molar-refractivity contribution < 1.29 is 9.59 Å². The highest BCUT2D eigenvalue weighted by atomic mass is 35.5. The van der Waals surface area contributed by atoms with Gasteiger partial charge in [-0.15, -0.1) is 3.94 Å². The number of urea groups is 1. The Kier molecular flexibility index (Phi) is 7.95. The Morgan fingerprint density at radius 3 is 2.53 bits per heavy atom. The number of imide groups is 1. The molecule has 0 aliphatic carbocycles. The molecule has 0 saturated carbocycles. The number of nitrogens with one attached hydrogen (secondary N) is 1. The fourth-order valence-corrected chi connectivity index (χ4v) is 1.91. The molecule has 0 radical (unpaired) electrons. The summed E-state index contributed by atoms with van der Waals surface area (Å²) in [6, 6.07) is -1.68. The zero-order chi connectivity index (χ0) is 11.8. The predicted molar refractivity (Wildman–Crippen MR) is 62.7 cm³/mol. The van der Waals surface area contributed by atoms with Crippen molar-refractivity contribution in [3.8, 4) is 0 Å². The van der Waals surface area contributed by atoms with Crippen LogP contribution in [0.3, 0.4) is 0 Å². The minimum atomic E-state index is -0.914. The van der Waals surface area contributed by atoms with Gasteiger partial charge >= 0.3 is 6.03 Å². The van der Waals surface area contributed by atoms with E-state index in [1.54, 1.807) is 11.8 Å². The van der Waals surface area contributed by atoms with Gasteiger partial charge in [0.25, 0.3) is 0 Å². The molecule has 88 valence electrons. The second-order valence-electron chi connectivity index (χ2n) is 2.61. The van der Waals surface area contributed by atoms with Crippen LogP contribution in [0.5, 0.6) is 0 Å². The zero-order valence-corrected chi connectivity index (χ0v) is 10.5. The summed E-state index contributed by atoms with van der Waals surface area (Å²) in [6.07, 6.45) is 0.449. The van der Waals surface area contributed by atoms with E-state index in [9.17, 15) is 9.59 Å². The minimum Gasteiger partial charge on any atom is -0.351 e. The first-order valence-corrected chi connectivity index (χ1v) is 6.11. The first kappa shape index (κ1) is 14.8. The summed E-state index contributed by atoms with van der Waals surface area (Å²) in [4.78, 5) is 21.8. The first-order valence-electron chi connectivity index (χ1n) is 4.27. The van der Waals surface area contributed by atoms with Gasteiger partial charge in [-0.2, -0.15) is 11.8 Å². The number of rotatable bonds is 6. The Balaban J connectivity index is 4.13. The van der Waals surface area contributed by atoms with E-state index in [2.05, 4.69) is 0 Å². The van der Waals surface area contributed by atoms with Gasteiger partial charge < -0.3 is 5.73 Å². The summed E-state index contributed by atoms with van der Waals surface area (Å²) in [5, 5.41) is 1.93. The van der Waals surface area contributed by atoms with E-state index in [-0.39, 0.29) is 0 Å². The third-order valence-electron chi connectivity index (χ3n) is 1.52. The number of hydrogen-bond acceptors (Lipinski definition) is 4. The molecule has 3 amide bonds. The topological polar surface area (TPSA) is 75.4 Å². The van der Waals surface area contributed by atoms with Crippen LogP contribution in [-0.2, 0) is 4.79 Å². The second-order valence-corrected chi connectivity index (χ2v) is 4.91. The van der Waals surface area contributed by atoms with E-state index in [4.69, 9.17) is 29.3 Å². The zero-order valence-electron chi connectivity index (χ0n) is 8.20. The van der Waals surface area contributed by atoms with E-state index in [0.717, 1.165) is 15.4 Å². The van der Waals surface area contributed by atoms with E-state index in [0.29, 0.717) is 6.42 Å². The molecule has 0 aromatic carbocycles. The molecule has 0 aliphatic heterocycles. The fourth-order valence-electron chi connectivity index (χ4n) is 0.861. The predicted octanol–water partition coefficient (Wildman–Crippen LogP) is 1.30. The SMILES string of the molecule is CCSCC[C@@H](C(=O)NC(N)=O)N(Cl)Cl. The highest BCUT2D eigenvalue weighted by Gasteiger charge is 2.24. The van der Waals surface area contributed by atoms with Crippen LogP contribution in [-0.4, -0.2) is 33.4 Å². The number of nitrogens with zero attached hydrogens (tertiary/aromatic N) is 1. The van der Waals surface area contributed by atoms with Gasteiger partial charge in [-0.25, -0.2) is 4.79 Å². The summed E-state index contributed by atoms with van der Waals surface area (Å²) < 4.78 is 0.731. The Hall–Kier alpha value is -0.170. The van der Waals surface area contributed by atoms with Crippen molar-refractivity contribution in [2.45, 2.75) is 19.4 Å². The van der Waals surface area contributed by atoms with E-state index in [1.807, 2.05) is 12.2 Å². The molecule has 15 heavy (non-hydrogen) atoms. The molecule has 0 spiro atoms. The molecule has 0 aliphatic rings. The average Bonchev–Trinajstić information content (AvgIpc) is 2.10. The van der Waals surface area contributed by atoms with Gasteiger partial charge in [0.05, 0.1) is 0 Å². The molecule has 0 aromatic rings.